The van der Waals surface area contributed by atoms with E-state index in [0.29, 0.717) is 19.2 Å². The summed E-state index contributed by atoms with van der Waals surface area (Å²) in [4.78, 5) is 3.39. The predicted molar refractivity (Wildman–Crippen MR) is 109 cm³/mol. The van der Waals surface area contributed by atoms with Crippen LogP contribution in [0.4, 0.5) is 0 Å². The molecule has 0 amide bonds. The summed E-state index contributed by atoms with van der Waals surface area (Å²) in [5, 5.41) is 15.0. The van der Waals surface area contributed by atoms with Crippen molar-refractivity contribution in [3.8, 4) is 5.75 Å². The molecule has 1 heterocycles. The number of benzene rings is 2. The number of hydrogen-bond donors (Lipinski definition) is 3. The van der Waals surface area contributed by atoms with Gasteiger partial charge in [-0.15, -0.1) is 0 Å². The van der Waals surface area contributed by atoms with Crippen molar-refractivity contribution in [3.63, 3.8) is 0 Å². The summed E-state index contributed by atoms with van der Waals surface area (Å²) in [6.07, 6.45) is 3.70. The normalized spacial score (nSPS) is 17.6. The molecule has 142 valence electrons. The van der Waals surface area contributed by atoms with Crippen molar-refractivity contribution in [2.75, 3.05) is 13.2 Å². The third-order valence-corrected chi connectivity index (χ3v) is 5.48. The van der Waals surface area contributed by atoms with Crippen molar-refractivity contribution in [1.29, 1.82) is 0 Å². The number of rotatable bonds is 7. The van der Waals surface area contributed by atoms with Crippen molar-refractivity contribution in [2.45, 2.75) is 44.8 Å². The number of H-pyrrole nitrogens is 1. The number of aromatic nitrogens is 1. The topological polar surface area (TPSA) is 57.3 Å². The lowest BCUT2D eigenvalue weighted by atomic mass is 9.88. The number of hydrogen-bond acceptors (Lipinski definition) is 3. The maximum Gasteiger partial charge on any atom is 0.128 e. The van der Waals surface area contributed by atoms with E-state index in [4.69, 9.17) is 4.74 Å². The summed E-state index contributed by atoms with van der Waals surface area (Å²) in [5.74, 6) is 0.828. The summed E-state index contributed by atoms with van der Waals surface area (Å²) in [5.41, 5.74) is 5.17. The predicted octanol–water partition coefficient (Wildman–Crippen LogP) is 3.62. The van der Waals surface area contributed by atoms with Gasteiger partial charge < -0.3 is 20.1 Å². The second-order valence-electron chi connectivity index (χ2n) is 7.45. The minimum Gasteiger partial charge on any atom is -0.490 e. The number of aryl methyl sites for hydroxylation is 2. The smallest absolute Gasteiger partial charge is 0.128 e. The fourth-order valence-corrected chi connectivity index (χ4v) is 3.92. The Balaban J connectivity index is 1.29. The van der Waals surface area contributed by atoms with E-state index in [2.05, 4.69) is 53.6 Å². The molecule has 3 aromatic rings. The number of ether oxygens (including phenoxy) is 1. The van der Waals surface area contributed by atoms with E-state index in [9.17, 15) is 5.11 Å². The molecule has 4 nitrogen and oxygen atoms in total. The highest BCUT2D eigenvalue weighted by Gasteiger charge is 2.19. The van der Waals surface area contributed by atoms with Crippen LogP contribution in [-0.2, 0) is 19.3 Å². The van der Waals surface area contributed by atoms with Crippen molar-refractivity contribution in [1.82, 2.24) is 10.3 Å². The summed E-state index contributed by atoms with van der Waals surface area (Å²) in [6, 6.07) is 17.2. The first kappa shape index (κ1) is 18.1. The SMILES string of the molecule is CCc1cc2c(OCC(O)CNC3CCc4ccccc4C3)cccc2[nH]1. The number of aliphatic hydroxyl groups is 1. The highest BCUT2D eigenvalue weighted by Crippen LogP contribution is 2.26. The highest BCUT2D eigenvalue weighted by molar-refractivity contribution is 5.86. The lowest BCUT2D eigenvalue weighted by Gasteiger charge is -2.26. The van der Waals surface area contributed by atoms with Gasteiger partial charge in [0.2, 0.25) is 0 Å². The molecule has 1 aliphatic carbocycles. The van der Waals surface area contributed by atoms with Crippen LogP contribution in [0.2, 0.25) is 0 Å². The summed E-state index contributed by atoms with van der Waals surface area (Å²) >= 11 is 0. The third-order valence-electron chi connectivity index (χ3n) is 5.48. The molecular weight excluding hydrogens is 336 g/mol. The first-order valence-electron chi connectivity index (χ1n) is 9.94. The molecule has 27 heavy (non-hydrogen) atoms. The van der Waals surface area contributed by atoms with Crippen molar-refractivity contribution in [2.24, 2.45) is 0 Å². The van der Waals surface area contributed by atoms with Crippen LogP contribution in [0.15, 0.2) is 48.5 Å². The molecule has 0 aliphatic heterocycles. The minimum absolute atomic E-state index is 0.294. The van der Waals surface area contributed by atoms with Crippen LogP contribution in [0, 0.1) is 0 Å². The van der Waals surface area contributed by atoms with E-state index in [1.54, 1.807) is 0 Å². The lowest BCUT2D eigenvalue weighted by Crippen LogP contribution is -2.40. The monoisotopic (exact) mass is 364 g/mol. The third kappa shape index (κ3) is 4.18. The first-order valence-corrected chi connectivity index (χ1v) is 9.94. The zero-order valence-corrected chi connectivity index (χ0v) is 15.9. The molecule has 0 saturated heterocycles. The van der Waals surface area contributed by atoms with Gasteiger partial charge in [-0.05, 0) is 55.0 Å². The number of nitrogens with one attached hydrogen (secondary N) is 2. The van der Waals surface area contributed by atoms with Crippen LogP contribution in [0.3, 0.4) is 0 Å². The van der Waals surface area contributed by atoms with Gasteiger partial charge in [0.05, 0.1) is 0 Å². The Morgan fingerprint density at radius 2 is 2.04 bits per heavy atom. The Morgan fingerprint density at radius 1 is 1.19 bits per heavy atom. The fourth-order valence-electron chi connectivity index (χ4n) is 3.92. The molecule has 2 atom stereocenters. The van der Waals surface area contributed by atoms with Gasteiger partial charge in [-0.25, -0.2) is 0 Å². The Hall–Kier alpha value is -2.30. The van der Waals surface area contributed by atoms with Gasteiger partial charge in [0.15, 0.2) is 0 Å². The van der Waals surface area contributed by atoms with Crippen LogP contribution in [0.25, 0.3) is 10.9 Å². The van der Waals surface area contributed by atoms with E-state index < -0.39 is 6.10 Å². The molecule has 0 radical (unpaired) electrons. The molecule has 0 fully saturated rings. The summed E-state index contributed by atoms with van der Waals surface area (Å²) in [6.45, 7) is 2.97. The van der Waals surface area contributed by atoms with Crippen molar-refractivity contribution < 1.29 is 9.84 Å². The van der Waals surface area contributed by atoms with E-state index in [1.165, 1.54) is 16.8 Å². The Morgan fingerprint density at radius 3 is 2.89 bits per heavy atom. The second-order valence-corrected chi connectivity index (χ2v) is 7.45. The van der Waals surface area contributed by atoms with E-state index in [0.717, 1.165) is 42.3 Å². The van der Waals surface area contributed by atoms with Crippen molar-refractivity contribution >= 4 is 10.9 Å². The largest absolute Gasteiger partial charge is 0.490 e. The number of aliphatic hydroxyl groups excluding tert-OH is 1. The molecule has 0 saturated carbocycles. The Labute approximate surface area is 160 Å². The van der Waals surface area contributed by atoms with E-state index >= 15 is 0 Å². The Kier molecular flexibility index (Phi) is 5.46. The average molecular weight is 364 g/mol. The van der Waals surface area contributed by atoms with Gasteiger partial charge in [-0.2, -0.15) is 0 Å². The zero-order valence-electron chi connectivity index (χ0n) is 15.9. The van der Waals surface area contributed by atoms with Gasteiger partial charge in [0.25, 0.3) is 0 Å². The standard InChI is InChI=1S/C23H28N2O2/c1-2-18-13-21-22(25-18)8-5-9-23(21)27-15-20(26)14-24-19-11-10-16-6-3-4-7-17(16)12-19/h3-9,13,19-20,24-26H,2,10-12,14-15H2,1H3. The average Bonchev–Trinajstić information content (AvgIpc) is 3.14. The highest BCUT2D eigenvalue weighted by atomic mass is 16.5. The molecule has 2 aromatic carbocycles. The molecule has 0 spiro atoms. The molecule has 0 bridgehead atoms. The van der Waals surface area contributed by atoms with Gasteiger partial charge in [0, 0.05) is 29.2 Å². The number of aromatic amines is 1. The molecular formula is C23H28N2O2. The van der Waals surface area contributed by atoms with E-state index in [1.807, 2.05) is 12.1 Å². The van der Waals surface area contributed by atoms with Crippen LogP contribution in [-0.4, -0.2) is 35.4 Å². The quantitative estimate of drug-likeness (QED) is 0.600. The fraction of sp³-hybridized carbons (Fsp3) is 0.391. The molecule has 2 unspecified atom stereocenters. The zero-order chi connectivity index (χ0) is 18.6. The number of fused-ring (bicyclic) bond motifs is 2. The maximum absolute atomic E-state index is 10.4. The van der Waals surface area contributed by atoms with Gasteiger partial charge in [-0.1, -0.05) is 37.3 Å². The van der Waals surface area contributed by atoms with Gasteiger partial charge >= 0.3 is 0 Å². The summed E-state index contributed by atoms with van der Waals surface area (Å²) < 4.78 is 5.93. The first-order chi connectivity index (χ1) is 13.2. The lowest BCUT2D eigenvalue weighted by molar-refractivity contribution is 0.104. The van der Waals surface area contributed by atoms with Crippen molar-refractivity contribution in [3.05, 3.63) is 65.4 Å². The molecule has 1 aliphatic rings. The van der Waals surface area contributed by atoms with Crippen LogP contribution in [0.5, 0.6) is 5.75 Å². The van der Waals surface area contributed by atoms with Crippen LogP contribution in [0.1, 0.15) is 30.2 Å². The van der Waals surface area contributed by atoms with Crippen LogP contribution < -0.4 is 10.1 Å². The molecule has 4 rings (SSSR count). The molecule has 4 heteroatoms. The Bertz CT molecular complexity index is 902. The second kappa shape index (κ2) is 8.15. The van der Waals surface area contributed by atoms with Gasteiger partial charge in [0.1, 0.15) is 18.5 Å². The minimum atomic E-state index is -0.526. The molecule has 1 aromatic heterocycles. The van der Waals surface area contributed by atoms with E-state index in [-0.39, 0.29) is 0 Å². The van der Waals surface area contributed by atoms with Gasteiger partial charge in [-0.3, -0.25) is 0 Å². The molecule has 3 N–H and O–H groups in total. The van der Waals surface area contributed by atoms with Crippen LogP contribution >= 0.6 is 0 Å². The maximum atomic E-state index is 10.4. The summed E-state index contributed by atoms with van der Waals surface area (Å²) in [7, 11) is 0.